The zero-order valence-corrected chi connectivity index (χ0v) is 17.6. The van der Waals surface area contributed by atoms with Gasteiger partial charge in [0, 0.05) is 42.6 Å². The maximum atomic E-state index is 12.3. The van der Waals surface area contributed by atoms with E-state index in [1.54, 1.807) is 21.4 Å². The standard InChI is InChI=1S/C19H26Cl2N6O/c1-2-22-18(24-13-14-7-8-15(20)12-16(14)21)23-9-5-11-27-19(28)26-10-4-3-6-17(26)25-27/h7-8,12H,2-6,9-11,13H2,1H3,(H2,22,23,24). The summed E-state index contributed by atoms with van der Waals surface area (Å²) in [6.45, 7) is 5.30. The van der Waals surface area contributed by atoms with Gasteiger partial charge in [-0.3, -0.25) is 4.57 Å². The van der Waals surface area contributed by atoms with Gasteiger partial charge in [-0.1, -0.05) is 29.3 Å². The van der Waals surface area contributed by atoms with E-state index in [0.29, 0.717) is 35.6 Å². The molecule has 0 fully saturated rings. The molecular weight excluding hydrogens is 399 g/mol. The summed E-state index contributed by atoms with van der Waals surface area (Å²) in [4.78, 5) is 16.9. The minimum Gasteiger partial charge on any atom is -0.357 e. The van der Waals surface area contributed by atoms with Crippen LogP contribution in [-0.4, -0.2) is 33.4 Å². The Kier molecular flexibility index (Phi) is 7.39. The van der Waals surface area contributed by atoms with Gasteiger partial charge < -0.3 is 10.6 Å². The summed E-state index contributed by atoms with van der Waals surface area (Å²) in [5.41, 5.74) is 0.922. The second kappa shape index (κ2) is 9.98. The molecule has 28 heavy (non-hydrogen) atoms. The van der Waals surface area contributed by atoms with Gasteiger partial charge in [0.1, 0.15) is 5.82 Å². The lowest BCUT2D eigenvalue weighted by Crippen LogP contribution is -2.38. The largest absolute Gasteiger partial charge is 0.357 e. The molecule has 1 aliphatic rings. The van der Waals surface area contributed by atoms with E-state index in [1.807, 2.05) is 13.0 Å². The lowest BCUT2D eigenvalue weighted by molar-refractivity contribution is 0.509. The van der Waals surface area contributed by atoms with Crippen molar-refractivity contribution in [1.29, 1.82) is 0 Å². The normalized spacial score (nSPS) is 14.0. The van der Waals surface area contributed by atoms with Crippen molar-refractivity contribution in [3.8, 4) is 0 Å². The van der Waals surface area contributed by atoms with Crippen LogP contribution < -0.4 is 16.3 Å². The van der Waals surface area contributed by atoms with Gasteiger partial charge in [0.15, 0.2) is 5.96 Å². The van der Waals surface area contributed by atoms with Crippen LogP contribution in [0.4, 0.5) is 0 Å². The molecule has 0 atom stereocenters. The van der Waals surface area contributed by atoms with Crippen molar-refractivity contribution in [1.82, 2.24) is 25.0 Å². The smallest absolute Gasteiger partial charge is 0.345 e. The number of fused-ring (bicyclic) bond motifs is 1. The Morgan fingerprint density at radius 1 is 1.29 bits per heavy atom. The summed E-state index contributed by atoms with van der Waals surface area (Å²) >= 11 is 12.1. The molecule has 2 N–H and O–H groups in total. The highest BCUT2D eigenvalue weighted by Gasteiger charge is 2.16. The minimum atomic E-state index is 0.00709. The van der Waals surface area contributed by atoms with Crippen LogP contribution in [0.15, 0.2) is 28.0 Å². The fourth-order valence-corrected chi connectivity index (χ4v) is 3.65. The molecule has 0 saturated carbocycles. The van der Waals surface area contributed by atoms with E-state index >= 15 is 0 Å². The van der Waals surface area contributed by atoms with E-state index in [1.165, 1.54) is 0 Å². The molecule has 152 valence electrons. The summed E-state index contributed by atoms with van der Waals surface area (Å²) < 4.78 is 3.39. The number of hydrogen-bond donors (Lipinski definition) is 2. The van der Waals surface area contributed by atoms with Crippen molar-refractivity contribution in [3.05, 3.63) is 50.1 Å². The second-order valence-corrected chi connectivity index (χ2v) is 7.59. The van der Waals surface area contributed by atoms with Crippen LogP contribution >= 0.6 is 23.2 Å². The minimum absolute atomic E-state index is 0.00709. The lowest BCUT2D eigenvalue weighted by atomic mass is 10.2. The van der Waals surface area contributed by atoms with Crippen molar-refractivity contribution >= 4 is 29.2 Å². The van der Waals surface area contributed by atoms with Crippen LogP contribution in [-0.2, 0) is 26.1 Å². The van der Waals surface area contributed by atoms with E-state index in [9.17, 15) is 4.79 Å². The molecule has 1 aromatic carbocycles. The molecule has 9 heteroatoms. The maximum absolute atomic E-state index is 12.3. The van der Waals surface area contributed by atoms with Crippen LogP contribution in [0.25, 0.3) is 0 Å². The van der Waals surface area contributed by atoms with Crippen molar-refractivity contribution in [2.24, 2.45) is 4.99 Å². The Balaban J connectivity index is 1.52. The van der Waals surface area contributed by atoms with Crippen molar-refractivity contribution in [3.63, 3.8) is 0 Å². The van der Waals surface area contributed by atoms with Crippen LogP contribution in [0, 0.1) is 0 Å². The number of aryl methyl sites for hydroxylation is 2. The summed E-state index contributed by atoms with van der Waals surface area (Å²) in [7, 11) is 0. The number of halogens is 2. The third-order valence-electron chi connectivity index (χ3n) is 4.64. The number of aromatic nitrogens is 3. The number of nitrogens with zero attached hydrogens (tertiary/aromatic N) is 4. The predicted octanol–water partition coefficient (Wildman–Crippen LogP) is 2.83. The third-order valence-corrected chi connectivity index (χ3v) is 5.22. The molecule has 0 radical (unpaired) electrons. The highest BCUT2D eigenvalue weighted by atomic mass is 35.5. The molecule has 0 saturated heterocycles. The van der Waals surface area contributed by atoms with Gasteiger partial charge in [-0.25, -0.2) is 14.5 Å². The van der Waals surface area contributed by atoms with Gasteiger partial charge in [-0.2, -0.15) is 5.10 Å². The Bertz CT molecular complexity index is 889. The molecule has 1 aromatic heterocycles. The first-order valence-electron chi connectivity index (χ1n) is 9.71. The zero-order chi connectivity index (χ0) is 19.9. The summed E-state index contributed by atoms with van der Waals surface area (Å²) in [6, 6.07) is 5.40. The summed E-state index contributed by atoms with van der Waals surface area (Å²) in [5.74, 6) is 1.63. The third kappa shape index (κ3) is 5.29. The van der Waals surface area contributed by atoms with Crippen molar-refractivity contribution < 1.29 is 0 Å². The fraction of sp³-hybridized carbons (Fsp3) is 0.526. The number of hydrogen-bond acceptors (Lipinski definition) is 3. The number of aliphatic imine (C=N–C) groups is 1. The molecule has 2 aromatic rings. The Morgan fingerprint density at radius 2 is 2.14 bits per heavy atom. The van der Waals surface area contributed by atoms with Gasteiger partial charge in [-0.05, 0) is 43.9 Å². The van der Waals surface area contributed by atoms with E-state index in [0.717, 1.165) is 50.2 Å². The zero-order valence-electron chi connectivity index (χ0n) is 16.0. The topological polar surface area (TPSA) is 76.2 Å². The molecule has 0 spiro atoms. The molecule has 3 rings (SSSR count). The van der Waals surface area contributed by atoms with Crippen molar-refractivity contribution in [2.75, 3.05) is 13.1 Å². The quantitative estimate of drug-likeness (QED) is 0.407. The monoisotopic (exact) mass is 424 g/mol. The fourth-order valence-electron chi connectivity index (χ4n) is 3.19. The predicted molar refractivity (Wildman–Crippen MR) is 113 cm³/mol. The number of benzene rings is 1. The van der Waals surface area contributed by atoms with E-state index in [-0.39, 0.29) is 5.69 Å². The number of guanidine groups is 1. The van der Waals surface area contributed by atoms with Gasteiger partial charge in [0.25, 0.3) is 0 Å². The van der Waals surface area contributed by atoms with Gasteiger partial charge in [-0.15, -0.1) is 0 Å². The Hall–Kier alpha value is -1.99. The van der Waals surface area contributed by atoms with Crippen LogP contribution in [0.3, 0.4) is 0 Å². The number of nitrogens with one attached hydrogen (secondary N) is 2. The van der Waals surface area contributed by atoms with E-state index in [2.05, 4.69) is 20.7 Å². The van der Waals surface area contributed by atoms with Crippen molar-refractivity contribution in [2.45, 2.75) is 52.2 Å². The first-order chi connectivity index (χ1) is 13.6. The van der Waals surface area contributed by atoms with E-state index in [4.69, 9.17) is 23.2 Å². The Morgan fingerprint density at radius 3 is 2.89 bits per heavy atom. The maximum Gasteiger partial charge on any atom is 0.345 e. The second-order valence-electron chi connectivity index (χ2n) is 6.74. The molecule has 1 aliphatic heterocycles. The average Bonchev–Trinajstić information content (AvgIpc) is 3.00. The summed E-state index contributed by atoms with van der Waals surface area (Å²) in [5, 5.41) is 12.2. The highest BCUT2D eigenvalue weighted by Crippen LogP contribution is 2.21. The van der Waals surface area contributed by atoms with Crippen LogP contribution in [0.1, 0.15) is 37.6 Å². The number of rotatable bonds is 7. The van der Waals surface area contributed by atoms with Crippen LogP contribution in [0.2, 0.25) is 10.0 Å². The first-order valence-corrected chi connectivity index (χ1v) is 10.5. The SMILES string of the molecule is CCNC(=NCc1ccc(Cl)cc1Cl)NCCCn1nc2n(c1=O)CCCC2. The Labute approximate surface area is 174 Å². The van der Waals surface area contributed by atoms with Gasteiger partial charge >= 0.3 is 5.69 Å². The van der Waals surface area contributed by atoms with Gasteiger partial charge in [0.05, 0.1) is 6.54 Å². The summed E-state index contributed by atoms with van der Waals surface area (Å²) in [6.07, 6.45) is 3.84. The van der Waals surface area contributed by atoms with E-state index < -0.39 is 0 Å². The molecular formula is C19H26Cl2N6O. The molecule has 2 heterocycles. The molecule has 0 amide bonds. The first kappa shape index (κ1) is 20.7. The highest BCUT2D eigenvalue weighted by molar-refractivity contribution is 6.35. The van der Waals surface area contributed by atoms with Gasteiger partial charge in [0.2, 0.25) is 0 Å². The molecule has 0 bridgehead atoms. The molecule has 0 unspecified atom stereocenters. The lowest BCUT2D eigenvalue weighted by Gasteiger charge is -2.11. The molecule has 7 nitrogen and oxygen atoms in total. The average molecular weight is 425 g/mol. The molecule has 0 aliphatic carbocycles. The van der Waals surface area contributed by atoms with Crippen LogP contribution in [0.5, 0.6) is 0 Å².